The lowest BCUT2D eigenvalue weighted by molar-refractivity contribution is 0.770. The molecule has 4 nitrogen and oxygen atoms in total. The van der Waals surface area contributed by atoms with Crippen LogP contribution in [0.3, 0.4) is 0 Å². The third-order valence-corrected chi connectivity index (χ3v) is 4.61. The van der Waals surface area contributed by atoms with Crippen LogP contribution < -0.4 is 5.32 Å². The van der Waals surface area contributed by atoms with Crippen LogP contribution in [-0.2, 0) is 13.6 Å². The largest absolute Gasteiger partial charge is 0.380 e. The van der Waals surface area contributed by atoms with E-state index in [2.05, 4.69) is 37.4 Å². The van der Waals surface area contributed by atoms with Gasteiger partial charge >= 0.3 is 0 Å². The molecule has 108 valence electrons. The number of hydrogen-bond acceptors (Lipinski definition) is 4. The molecule has 2 heterocycles. The molecule has 0 saturated carbocycles. The number of halogens is 2. The standard InChI is InChI=1S/C14H12BrClN4S/c1-20-8-12(15)13(19-20)9-3-2-4-10(5-9)17-6-11-7-18-14(16)21-11/h2-5,7-8,17H,6H2,1H3. The fraction of sp³-hybridized carbons (Fsp3) is 0.143. The highest BCUT2D eigenvalue weighted by Crippen LogP contribution is 2.28. The smallest absolute Gasteiger partial charge is 0.183 e. The van der Waals surface area contributed by atoms with Crippen LogP contribution in [0.25, 0.3) is 11.3 Å². The Morgan fingerprint density at radius 1 is 1.43 bits per heavy atom. The number of rotatable bonds is 4. The summed E-state index contributed by atoms with van der Waals surface area (Å²) < 4.78 is 3.34. The van der Waals surface area contributed by atoms with Crippen molar-refractivity contribution < 1.29 is 0 Å². The molecular formula is C14H12BrClN4S. The molecule has 7 heteroatoms. The Morgan fingerprint density at radius 3 is 2.95 bits per heavy atom. The lowest BCUT2D eigenvalue weighted by Gasteiger charge is -2.06. The van der Waals surface area contributed by atoms with Crippen LogP contribution in [0.2, 0.25) is 4.47 Å². The molecule has 0 bridgehead atoms. The van der Waals surface area contributed by atoms with Gasteiger partial charge < -0.3 is 5.32 Å². The van der Waals surface area contributed by atoms with Gasteiger partial charge in [0.25, 0.3) is 0 Å². The van der Waals surface area contributed by atoms with E-state index in [0.29, 0.717) is 11.0 Å². The highest BCUT2D eigenvalue weighted by Gasteiger charge is 2.08. The second-order valence-corrected chi connectivity index (χ2v) is 7.06. The fourth-order valence-corrected chi connectivity index (χ4v) is 3.51. The number of benzene rings is 1. The molecule has 0 atom stereocenters. The summed E-state index contributed by atoms with van der Waals surface area (Å²) in [5, 5.41) is 7.83. The van der Waals surface area contributed by atoms with Crippen molar-refractivity contribution in [1.29, 1.82) is 0 Å². The summed E-state index contributed by atoms with van der Waals surface area (Å²) in [5.41, 5.74) is 3.03. The first-order valence-corrected chi connectivity index (χ1v) is 8.24. The van der Waals surface area contributed by atoms with Crippen molar-refractivity contribution in [1.82, 2.24) is 14.8 Å². The average molecular weight is 384 g/mol. The van der Waals surface area contributed by atoms with Crippen LogP contribution in [0.5, 0.6) is 0 Å². The molecule has 0 amide bonds. The number of nitrogens with zero attached hydrogens (tertiary/aromatic N) is 3. The molecule has 0 saturated heterocycles. The van der Waals surface area contributed by atoms with Crippen LogP contribution in [0.1, 0.15) is 4.88 Å². The van der Waals surface area contributed by atoms with Crippen molar-refractivity contribution in [3.63, 3.8) is 0 Å². The van der Waals surface area contributed by atoms with Crippen LogP contribution >= 0.6 is 38.9 Å². The normalized spacial score (nSPS) is 10.8. The van der Waals surface area contributed by atoms with Gasteiger partial charge in [0.1, 0.15) is 5.69 Å². The Bertz CT molecular complexity index is 768. The van der Waals surface area contributed by atoms with Gasteiger partial charge in [0.15, 0.2) is 4.47 Å². The molecule has 0 aliphatic heterocycles. The zero-order valence-corrected chi connectivity index (χ0v) is 14.3. The predicted octanol–water partition coefficient (Wildman–Crippen LogP) is 4.57. The molecule has 0 aliphatic rings. The summed E-state index contributed by atoms with van der Waals surface area (Å²) in [4.78, 5) is 5.13. The van der Waals surface area contributed by atoms with Crippen molar-refractivity contribution >= 4 is 44.6 Å². The van der Waals surface area contributed by atoms with Crippen LogP contribution in [0, 0.1) is 0 Å². The Kier molecular flexibility index (Phi) is 4.28. The number of aromatic nitrogens is 3. The lowest BCUT2D eigenvalue weighted by atomic mass is 10.1. The van der Waals surface area contributed by atoms with Gasteiger partial charge in [-0.3, -0.25) is 4.68 Å². The second-order valence-electron chi connectivity index (χ2n) is 4.51. The van der Waals surface area contributed by atoms with Gasteiger partial charge in [0, 0.05) is 35.6 Å². The molecule has 21 heavy (non-hydrogen) atoms. The molecular weight excluding hydrogens is 372 g/mol. The van der Waals surface area contributed by atoms with Gasteiger partial charge in [-0.1, -0.05) is 23.7 Å². The maximum atomic E-state index is 5.83. The predicted molar refractivity (Wildman–Crippen MR) is 90.8 cm³/mol. The molecule has 2 aromatic heterocycles. The lowest BCUT2D eigenvalue weighted by Crippen LogP contribution is -1.97. The summed E-state index contributed by atoms with van der Waals surface area (Å²) in [6, 6.07) is 8.17. The number of anilines is 1. The van der Waals surface area contributed by atoms with E-state index in [-0.39, 0.29) is 0 Å². The maximum Gasteiger partial charge on any atom is 0.183 e. The minimum Gasteiger partial charge on any atom is -0.380 e. The van der Waals surface area contributed by atoms with Crippen LogP contribution in [-0.4, -0.2) is 14.8 Å². The Labute approximate surface area is 139 Å². The van der Waals surface area contributed by atoms with E-state index in [1.807, 2.05) is 31.4 Å². The van der Waals surface area contributed by atoms with Gasteiger partial charge in [0.05, 0.1) is 11.0 Å². The SMILES string of the molecule is Cn1cc(Br)c(-c2cccc(NCc3cnc(Cl)s3)c2)n1. The molecule has 0 radical (unpaired) electrons. The van der Waals surface area contributed by atoms with Gasteiger partial charge in [-0.2, -0.15) is 5.10 Å². The topological polar surface area (TPSA) is 42.7 Å². The Morgan fingerprint density at radius 2 is 2.29 bits per heavy atom. The zero-order valence-electron chi connectivity index (χ0n) is 11.2. The Balaban J connectivity index is 1.78. The number of hydrogen-bond donors (Lipinski definition) is 1. The third kappa shape index (κ3) is 3.45. The summed E-state index contributed by atoms with van der Waals surface area (Å²) in [6.07, 6.45) is 3.73. The highest BCUT2D eigenvalue weighted by atomic mass is 79.9. The summed E-state index contributed by atoms with van der Waals surface area (Å²) in [5.74, 6) is 0. The van der Waals surface area contributed by atoms with Crippen LogP contribution in [0.15, 0.2) is 41.1 Å². The van der Waals surface area contributed by atoms with Crippen molar-refractivity contribution in [2.24, 2.45) is 7.05 Å². The number of thiazole rings is 1. The van der Waals surface area contributed by atoms with Gasteiger partial charge in [-0.25, -0.2) is 4.98 Å². The van der Waals surface area contributed by atoms with E-state index >= 15 is 0 Å². The van der Waals surface area contributed by atoms with Crippen LogP contribution in [0.4, 0.5) is 5.69 Å². The first kappa shape index (κ1) is 14.6. The van der Waals surface area contributed by atoms with E-state index in [9.17, 15) is 0 Å². The minimum atomic E-state index is 0.568. The molecule has 3 rings (SSSR count). The van der Waals surface area contributed by atoms with Gasteiger partial charge in [-0.15, -0.1) is 11.3 Å². The van der Waals surface area contributed by atoms with Crippen molar-refractivity contribution in [3.8, 4) is 11.3 Å². The van der Waals surface area contributed by atoms with Gasteiger partial charge in [0.2, 0.25) is 0 Å². The molecule has 1 aromatic carbocycles. The molecule has 1 N–H and O–H groups in total. The van der Waals surface area contributed by atoms with E-state index in [0.717, 1.165) is 26.3 Å². The average Bonchev–Trinajstić information content (AvgIpc) is 3.02. The summed E-state index contributed by atoms with van der Waals surface area (Å²) in [7, 11) is 1.91. The molecule has 0 spiro atoms. The monoisotopic (exact) mass is 382 g/mol. The summed E-state index contributed by atoms with van der Waals surface area (Å²) >= 11 is 10.8. The van der Waals surface area contributed by atoms with Crippen molar-refractivity contribution in [3.05, 3.63) is 50.5 Å². The first-order valence-electron chi connectivity index (χ1n) is 6.25. The highest BCUT2D eigenvalue weighted by molar-refractivity contribution is 9.10. The number of nitrogens with one attached hydrogen (secondary N) is 1. The Hall–Kier alpha value is -1.37. The first-order chi connectivity index (χ1) is 10.1. The summed E-state index contributed by atoms with van der Waals surface area (Å²) in [6.45, 7) is 0.706. The molecule has 0 fully saturated rings. The quantitative estimate of drug-likeness (QED) is 0.717. The zero-order chi connectivity index (χ0) is 14.8. The van der Waals surface area contributed by atoms with E-state index < -0.39 is 0 Å². The third-order valence-electron chi connectivity index (χ3n) is 2.91. The molecule has 3 aromatic rings. The van der Waals surface area contributed by atoms with Crippen molar-refractivity contribution in [2.45, 2.75) is 6.54 Å². The minimum absolute atomic E-state index is 0.568. The fourth-order valence-electron chi connectivity index (χ4n) is 1.99. The van der Waals surface area contributed by atoms with Crippen molar-refractivity contribution in [2.75, 3.05) is 5.32 Å². The van der Waals surface area contributed by atoms with E-state index in [1.165, 1.54) is 11.3 Å². The molecule has 0 unspecified atom stereocenters. The molecule has 0 aliphatic carbocycles. The maximum absolute atomic E-state index is 5.83. The van der Waals surface area contributed by atoms with E-state index in [4.69, 9.17) is 11.6 Å². The van der Waals surface area contributed by atoms with Gasteiger partial charge in [-0.05, 0) is 28.1 Å². The number of aryl methyl sites for hydroxylation is 1. The second kappa shape index (κ2) is 6.17. The van der Waals surface area contributed by atoms with E-state index in [1.54, 1.807) is 10.9 Å².